The summed E-state index contributed by atoms with van der Waals surface area (Å²) in [6, 6.07) is 1.56. The van der Waals surface area contributed by atoms with Gasteiger partial charge < -0.3 is 10.6 Å². The average Bonchev–Trinajstić information content (AvgIpc) is 2.58. The number of hydrogen-bond donors (Lipinski definition) is 1. The van der Waals surface area contributed by atoms with Crippen molar-refractivity contribution in [3.05, 3.63) is 0 Å². The zero-order chi connectivity index (χ0) is 12.5. The van der Waals surface area contributed by atoms with Gasteiger partial charge in [0.15, 0.2) is 0 Å². The van der Waals surface area contributed by atoms with Crippen LogP contribution in [-0.4, -0.2) is 54.6 Å². The smallest absolute Gasteiger partial charge is 0.0358 e. The third-order valence-electron chi connectivity index (χ3n) is 5.25. The molecule has 3 nitrogen and oxygen atoms in total. The van der Waals surface area contributed by atoms with Gasteiger partial charge in [0, 0.05) is 24.2 Å². The molecule has 2 fully saturated rings. The normalized spacial score (nSPS) is 37.9. The average molecular weight is 239 g/mol. The molecule has 2 aliphatic heterocycles. The predicted octanol–water partition coefficient (Wildman–Crippen LogP) is 1.67. The maximum Gasteiger partial charge on any atom is 0.0358 e. The van der Waals surface area contributed by atoms with Crippen molar-refractivity contribution in [1.29, 1.82) is 0 Å². The Balaban J connectivity index is 2.05. The lowest BCUT2D eigenvalue weighted by Gasteiger charge is -2.50. The van der Waals surface area contributed by atoms with E-state index in [9.17, 15) is 0 Å². The van der Waals surface area contributed by atoms with Gasteiger partial charge in [-0.05, 0) is 52.7 Å². The fourth-order valence-electron chi connectivity index (χ4n) is 3.81. The lowest BCUT2D eigenvalue weighted by molar-refractivity contribution is 0.0156. The van der Waals surface area contributed by atoms with Crippen molar-refractivity contribution in [2.75, 3.05) is 27.2 Å². The molecule has 17 heavy (non-hydrogen) atoms. The molecule has 2 rings (SSSR count). The van der Waals surface area contributed by atoms with E-state index < -0.39 is 0 Å². The standard InChI is InChI=1S/C14H29N3/c1-4-5-8-16(2)14(11-15)9-12-6-7-13(10-14)17(12)3/h12-13H,4-11,15H2,1-3H3. The van der Waals surface area contributed by atoms with Gasteiger partial charge in [0.2, 0.25) is 0 Å². The van der Waals surface area contributed by atoms with Crippen molar-refractivity contribution in [2.45, 2.75) is 63.1 Å². The summed E-state index contributed by atoms with van der Waals surface area (Å²) in [6.07, 6.45) is 7.88. The molecule has 2 bridgehead atoms. The highest BCUT2D eigenvalue weighted by Gasteiger charge is 2.47. The van der Waals surface area contributed by atoms with Crippen molar-refractivity contribution in [3.8, 4) is 0 Å². The van der Waals surface area contributed by atoms with Crippen LogP contribution in [-0.2, 0) is 0 Å². The van der Waals surface area contributed by atoms with Crippen LogP contribution in [0.4, 0.5) is 0 Å². The first-order valence-electron chi connectivity index (χ1n) is 7.26. The fourth-order valence-corrected chi connectivity index (χ4v) is 3.81. The zero-order valence-corrected chi connectivity index (χ0v) is 11.8. The molecule has 2 unspecified atom stereocenters. The van der Waals surface area contributed by atoms with Crippen LogP contribution in [0.3, 0.4) is 0 Å². The van der Waals surface area contributed by atoms with Gasteiger partial charge in [-0.25, -0.2) is 0 Å². The molecule has 0 amide bonds. The van der Waals surface area contributed by atoms with Gasteiger partial charge >= 0.3 is 0 Å². The Kier molecular flexibility index (Phi) is 4.11. The summed E-state index contributed by atoms with van der Waals surface area (Å²) >= 11 is 0. The Morgan fingerprint density at radius 3 is 2.35 bits per heavy atom. The molecule has 0 aromatic heterocycles. The molecule has 0 saturated carbocycles. The first kappa shape index (κ1) is 13.3. The van der Waals surface area contributed by atoms with Crippen molar-refractivity contribution in [2.24, 2.45) is 5.73 Å². The third-order valence-corrected chi connectivity index (χ3v) is 5.25. The molecule has 2 aliphatic rings. The number of fused-ring (bicyclic) bond motifs is 2. The van der Waals surface area contributed by atoms with Gasteiger partial charge in [0.1, 0.15) is 0 Å². The van der Waals surface area contributed by atoms with Crippen LogP contribution in [0.25, 0.3) is 0 Å². The van der Waals surface area contributed by atoms with Gasteiger partial charge in [-0.2, -0.15) is 0 Å². The fraction of sp³-hybridized carbons (Fsp3) is 1.00. The van der Waals surface area contributed by atoms with Gasteiger partial charge in [0.25, 0.3) is 0 Å². The topological polar surface area (TPSA) is 32.5 Å². The van der Waals surface area contributed by atoms with Gasteiger partial charge in [0.05, 0.1) is 0 Å². The Hall–Kier alpha value is -0.120. The van der Waals surface area contributed by atoms with E-state index in [0.717, 1.165) is 18.6 Å². The largest absolute Gasteiger partial charge is 0.329 e. The molecular formula is C14H29N3. The van der Waals surface area contributed by atoms with Crippen LogP contribution >= 0.6 is 0 Å². The minimum absolute atomic E-state index is 0.285. The second-order valence-corrected chi connectivity index (χ2v) is 6.16. The minimum Gasteiger partial charge on any atom is -0.329 e. The summed E-state index contributed by atoms with van der Waals surface area (Å²) in [5, 5.41) is 0. The van der Waals surface area contributed by atoms with Crippen LogP contribution < -0.4 is 5.73 Å². The molecule has 0 aromatic rings. The number of piperidine rings is 1. The molecule has 0 aliphatic carbocycles. The Bertz CT molecular complexity index is 240. The first-order valence-corrected chi connectivity index (χ1v) is 7.26. The Morgan fingerprint density at radius 2 is 1.88 bits per heavy atom. The highest BCUT2D eigenvalue weighted by atomic mass is 15.3. The highest BCUT2D eigenvalue weighted by molar-refractivity contribution is 5.05. The third kappa shape index (κ3) is 2.38. The summed E-state index contributed by atoms with van der Waals surface area (Å²) in [5.41, 5.74) is 6.43. The molecule has 2 heterocycles. The number of nitrogens with two attached hydrogens (primary N) is 1. The van der Waals surface area contributed by atoms with Crippen LogP contribution in [0.5, 0.6) is 0 Å². The van der Waals surface area contributed by atoms with E-state index in [2.05, 4.69) is 30.8 Å². The molecule has 2 atom stereocenters. The molecule has 0 spiro atoms. The van der Waals surface area contributed by atoms with Crippen molar-refractivity contribution in [1.82, 2.24) is 9.80 Å². The lowest BCUT2D eigenvalue weighted by atomic mass is 9.81. The maximum atomic E-state index is 6.15. The van der Waals surface area contributed by atoms with Crippen LogP contribution in [0.15, 0.2) is 0 Å². The lowest BCUT2D eigenvalue weighted by Crippen LogP contribution is -2.60. The molecular weight excluding hydrogens is 210 g/mol. The Labute approximate surface area is 106 Å². The maximum absolute atomic E-state index is 6.15. The molecule has 2 saturated heterocycles. The molecule has 0 aromatic carbocycles. The van der Waals surface area contributed by atoms with Crippen LogP contribution in [0, 0.1) is 0 Å². The van der Waals surface area contributed by atoms with E-state index in [4.69, 9.17) is 5.73 Å². The number of nitrogens with zero attached hydrogens (tertiary/aromatic N) is 2. The summed E-state index contributed by atoms with van der Waals surface area (Å²) in [4.78, 5) is 5.16. The summed E-state index contributed by atoms with van der Waals surface area (Å²) in [7, 11) is 4.59. The second-order valence-electron chi connectivity index (χ2n) is 6.16. The SMILES string of the molecule is CCCCN(C)C1(CN)CC2CCC(C1)N2C. The minimum atomic E-state index is 0.285. The summed E-state index contributed by atoms with van der Waals surface area (Å²) < 4.78 is 0. The van der Waals surface area contributed by atoms with Gasteiger partial charge in [-0.3, -0.25) is 4.90 Å². The van der Waals surface area contributed by atoms with E-state index >= 15 is 0 Å². The molecule has 0 radical (unpaired) electrons. The highest BCUT2D eigenvalue weighted by Crippen LogP contribution is 2.41. The van der Waals surface area contributed by atoms with Crippen molar-refractivity contribution in [3.63, 3.8) is 0 Å². The Morgan fingerprint density at radius 1 is 1.29 bits per heavy atom. The van der Waals surface area contributed by atoms with Gasteiger partial charge in [-0.1, -0.05) is 13.3 Å². The van der Waals surface area contributed by atoms with Crippen molar-refractivity contribution < 1.29 is 0 Å². The van der Waals surface area contributed by atoms with E-state index in [0.29, 0.717) is 0 Å². The van der Waals surface area contributed by atoms with E-state index in [1.54, 1.807) is 0 Å². The summed E-state index contributed by atoms with van der Waals surface area (Å²) in [5.74, 6) is 0. The van der Waals surface area contributed by atoms with E-state index in [1.807, 2.05) is 0 Å². The van der Waals surface area contributed by atoms with Crippen LogP contribution in [0.2, 0.25) is 0 Å². The predicted molar refractivity (Wildman–Crippen MR) is 73.1 cm³/mol. The van der Waals surface area contributed by atoms with Gasteiger partial charge in [-0.15, -0.1) is 0 Å². The summed E-state index contributed by atoms with van der Waals surface area (Å²) in [6.45, 7) is 4.30. The van der Waals surface area contributed by atoms with Crippen molar-refractivity contribution >= 4 is 0 Å². The first-order chi connectivity index (χ1) is 8.13. The molecule has 3 heteroatoms. The molecule has 2 N–H and O–H groups in total. The number of rotatable bonds is 5. The van der Waals surface area contributed by atoms with E-state index in [-0.39, 0.29) is 5.54 Å². The van der Waals surface area contributed by atoms with E-state index in [1.165, 1.54) is 45.1 Å². The van der Waals surface area contributed by atoms with Crippen LogP contribution in [0.1, 0.15) is 45.4 Å². The second kappa shape index (κ2) is 5.25. The number of likely N-dealkylation sites (N-methyl/N-ethyl adjacent to an activating group) is 1. The monoisotopic (exact) mass is 239 g/mol. The quantitative estimate of drug-likeness (QED) is 0.792. The number of unbranched alkanes of at least 4 members (excludes halogenated alkanes) is 1. The zero-order valence-electron chi connectivity index (χ0n) is 11.8. The number of hydrogen-bond acceptors (Lipinski definition) is 3. The molecule has 100 valence electrons.